The van der Waals surface area contributed by atoms with E-state index < -0.39 is 42.4 Å². The quantitative estimate of drug-likeness (QED) is 0.135. The molecular formula is C33H33Cl2NO9. The van der Waals surface area contributed by atoms with Crippen molar-refractivity contribution in [2.45, 2.75) is 44.2 Å². The molecule has 0 spiro atoms. The van der Waals surface area contributed by atoms with Crippen molar-refractivity contribution in [1.29, 1.82) is 0 Å². The Bertz CT molecular complexity index is 1540. The van der Waals surface area contributed by atoms with Gasteiger partial charge in [0, 0.05) is 22.2 Å². The van der Waals surface area contributed by atoms with Gasteiger partial charge in [-0.3, -0.25) is 9.59 Å². The highest BCUT2D eigenvalue weighted by Crippen LogP contribution is 2.32. The van der Waals surface area contributed by atoms with Crippen LogP contribution in [0.4, 0.5) is 0 Å². The molecule has 45 heavy (non-hydrogen) atoms. The fourth-order valence-corrected chi connectivity index (χ4v) is 5.68. The van der Waals surface area contributed by atoms with Crippen molar-refractivity contribution in [2.75, 3.05) is 27.4 Å². The molecule has 1 aliphatic heterocycles. The molecule has 4 rings (SSSR count). The predicted octanol–water partition coefficient (Wildman–Crippen LogP) is 5.96. The molecule has 10 nitrogen and oxygen atoms in total. The summed E-state index contributed by atoms with van der Waals surface area (Å²) in [6, 6.07) is 15.3. The molecule has 3 aromatic rings. The zero-order valence-corrected chi connectivity index (χ0v) is 26.3. The van der Waals surface area contributed by atoms with Crippen LogP contribution in [0.15, 0.2) is 60.7 Å². The number of benzene rings is 3. The number of methoxy groups -OCH3 is 2. The summed E-state index contributed by atoms with van der Waals surface area (Å²) in [6.45, 7) is -0.335. The van der Waals surface area contributed by atoms with Crippen LogP contribution < -0.4 is 14.2 Å². The summed E-state index contributed by atoms with van der Waals surface area (Å²) >= 11 is 12.1. The van der Waals surface area contributed by atoms with Gasteiger partial charge in [0.1, 0.15) is 17.9 Å². The van der Waals surface area contributed by atoms with E-state index in [9.17, 15) is 19.2 Å². The smallest absolute Gasteiger partial charge is 0.341 e. The number of piperidine rings is 1. The van der Waals surface area contributed by atoms with Gasteiger partial charge in [-0.05, 0) is 85.7 Å². The van der Waals surface area contributed by atoms with Crippen molar-refractivity contribution in [1.82, 2.24) is 4.90 Å². The first kappa shape index (κ1) is 33.6. The molecule has 12 heteroatoms. The van der Waals surface area contributed by atoms with Crippen LogP contribution in [0.2, 0.25) is 10.0 Å². The number of carboxylic acids is 1. The number of hydrogen-bond donors (Lipinski definition) is 1. The average molecular weight is 659 g/mol. The molecule has 0 bridgehead atoms. The molecule has 3 aromatic carbocycles. The number of carbonyl (C=O) groups is 4. The van der Waals surface area contributed by atoms with Gasteiger partial charge in [-0.2, -0.15) is 0 Å². The number of ketones is 1. The standard InChI is InChI=1S/C33H33Cl2NO9/c1-42-28-12-10-20(14-29(28)43-2)9-11-27(21-6-5-7-25(17-21)44-19-30(37)38)45-33(41)26-8-3-4-13-36(26)32(40)31(39)22-15-23(34)18-24(35)16-22/h5-7,10,12,14-18,26-27H,3-4,8-9,11,13,19H2,1-2H3,(H,37,38)/t26-,27+/m0/s1. The van der Waals surface area contributed by atoms with Crippen LogP contribution in [0.25, 0.3) is 0 Å². The number of amides is 1. The summed E-state index contributed by atoms with van der Waals surface area (Å²) in [7, 11) is 3.08. The normalized spacial score (nSPS) is 15.1. The lowest BCUT2D eigenvalue weighted by Crippen LogP contribution is -2.51. The van der Waals surface area contributed by atoms with Gasteiger partial charge in [0.25, 0.3) is 11.7 Å². The number of carboxylic acid groups (broad SMARTS) is 1. The van der Waals surface area contributed by atoms with Gasteiger partial charge < -0.3 is 29.0 Å². The van der Waals surface area contributed by atoms with Crippen molar-refractivity contribution in [3.8, 4) is 17.2 Å². The number of aliphatic carboxylic acids is 1. The van der Waals surface area contributed by atoms with E-state index in [-0.39, 0.29) is 22.2 Å². The molecule has 0 saturated carbocycles. The molecular weight excluding hydrogens is 625 g/mol. The van der Waals surface area contributed by atoms with E-state index in [1.165, 1.54) is 30.2 Å². The number of Topliss-reactive ketones (excluding diaryl/α,β-unsaturated/α-hetero) is 1. The lowest BCUT2D eigenvalue weighted by Gasteiger charge is -2.34. The lowest BCUT2D eigenvalue weighted by molar-refractivity contribution is -0.161. The number of carbonyl (C=O) groups excluding carboxylic acids is 3. The highest BCUT2D eigenvalue weighted by atomic mass is 35.5. The van der Waals surface area contributed by atoms with Crippen molar-refractivity contribution in [3.63, 3.8) is 0 Å². The van der Waals surface area contributed by atoms with E-state index in [0.29, 0.717) is 54.9 Å². The third-order valence-corrected chi connectivity index (χ3v) is 7.78. The number of nitrogens with zero attached hydrogens (tertiary/aromatic N) is 1. The molecule has 1 N–H and O–H groups in total. The molecule has 1 heterocycles. The second-order valence-electron chi connectivity index (χ2n) is 10.4. The topological polar surface area (TPSA) is 129 Å². The van der Waals surface area contributed by atoms with E-state index in [1.807, 2.05) is 12.1 Å². The average Bonchev–Trinajstić information content (AvgIpc) is 3.04. The highest BCUT2D eigenvalue weighted by Gasteiger charge is 2.37. The summed E-state index contributed by atoms with van der Waals surface area (Å²) in [5.41, 5.74) is 1.50. The van der Waals surface area contributed by atoms with E-state index >= 15 is 0 Å². The minimum absolute atomic E-state index is 0.0289. The van der Waals surface area contributed by atoms with Crippen molar-refractivity contribution in [2.24, 2.45) is 0 Å². The number of ether oxygens (including phenoxy) is 4. The fraction of sp³-hybridized carbons (Fsp3) is 0.333. The Morgan fingerprint density at radius 1 is 0.933 bits per heavy atom. The molecule has 0 aliphatic carbocycles. The third kappa shape index (κ3) is 8.89. The van der Waals surface area contributed by atoms with Gasteiger partial charge in [0.15, 0.2) is 18.1 Å². The Balaban J connectivity index is 1.58. The Morgan fingerprint density at radius 2 is 1.67 bits per heavy atom. The minimum Gasteiger partial charge on any atom is -0.493 e. The Hall–Kier alpha value is -4.28. The van der Waals surface area contributed by atoms with Crippen LogP contribution in [0.5, 0.6) is 17.2 Å². The largest absolute Gasteiger partial charge is 0.493 e. The zero-order chi connectivity index (χ0) is 32.5. The molecule has 0 aromatic heterocycles. The number of aryl methyl sites for hydroxylation is 1. The molecule has 0 radical (unpaired) electrons. The van der Waals surface area contributed by atoms with Gasteiger partial charge >= 0.3 is 11.9 Å². The minimum atomic E-state index is -1.13. The summed E-state index contributed by atoms with van der Waals surface area (Å²) in [5.74, 6) is -2.04. The fourth-order valence-electron chi connectivity index (χ4n) is 5.15. The van der Waals surface area contributed by atoms with Crippen LogP contribution in [-0.2, 0) is 25.5 Å². The summed E-state index contributed by atoms with van der Waals surface area (Å²) in [4.78, 5) is 52.6. The number of esters is 1. The molecule has 238 valence electrons. The maximum absolute atomic E-state index is 13.7. The lowest BCUT2D eigenvalue weighted by atomic mass is 9.98. The zero-order valence-electron chi connectivity index (χ0n) is 24.8. The monoisotopic (exact) mass is 657 g/mol. The van der Waals surface area contributed by atoms with Crippen molar-refractivity contribution >= 4 is 46.8 Å². The summed E-state index contributed by atoms with van der Waals surface area (Å²) in [6.07, 6.45) is 1.61. The second-order valence-corrected chi connectivity index (χ2v) is 11.3. The van der Waals surface area contributed by atoms with Crippen LogP contribution in [-0.4, -0.2) is 67.0 Å². The van der Waals surface area contributed by atoms with Gasteiger partial charge in [-0.25, -0.2) is 9.59 Å². The maximum atomic E-state index is 13.7. The first-order valence-electron chi connectivity index (χ1n) is 14.3. The molecule has 1 fully saturated rings. The number of likely N-dealkylation sites (tertiary alicyclic amines) is 1. The Morgan fingerprint density at radius 3 is 2.36 bits per heavy atom. The predicted molar refractivity (Wildman–Crippen MR) is 166 cm³/mol. The van der Waals surface area contributed by atoms with Gasteiger partial charge in [-0.15, -0.1) is 0 Å². The van der Waals surface area contributed by atoms with Crippen LogP contribution in [0, 0.1) is 0 Å². The first-order chi connectivity index (χ1) is 21.6. The molecule has 1 amide bonds. The number of rotatable bonds is 13. The van der Waals surface area contributed by atoms with Crippen molar-refractivity contribution in [3.05, 3.63) is 87.4 Å². The van der Waals surface area contributed by atoms with E-state index in [2.05, 4.69) is 0 Å². The van der Waals surface area contributed by atoms with Crippen LogP contribution in [0.1, 0.15) is 53.3 Å². The van der Waals surface area contributed by atoms with Gasteiger partial charge in [-0.1, -0.05) is 41.4 Å². The van der Waals surface area contributed by atoms with E-state index in [0.717, 1.165) is 5.56 Å². The number of halogens is 2. The summed E-state index contributed by atoms with van der Waals surface area (Å²) < 4.78 is 22.2. The van der Waals surface area contributed by atoms with Gasteiger partial charge in [0.05, 0.1) is 14.2 Å². The molecule has 1 saturated heterocycles. The molecule has 2 atom stereocenters. The molecule has 0 unspecified atom stereocenters. The van der Waals surface area contributed by atoms with Crippen molar-refractivity contribution < 1.29 is 43.2 Å². The SMILES string of the molecule is COc1ccc(CC[C@@H](OC(=O)[C@@H]2CCCCN2C(=O)C(=O)c2cc(Cl)cc(Cl)c2)c2cccc(OCC(=O)O)c2)cc1OC. The van der Waals surface area contributed by atoms with Crippen LogP contribution >= 0.6 is 23.2 Å². The number of hydrogen-bond acceptors (Lipinski definition) is 8. The van der Waals surface area contributed by atoms with E-state index in [1.54, 1.807) is 37.4 Å². The van der Waals surface area contributed by atoms with Gasteiger partial charge in [0.2, 0.25) is 0 Å². The third-order valence-electron chi connectivity index (χ3n) is 7.35. The first-order valence-corrected chi connectivity index (χ1v) is 15.0. The Labute approximate surface area is 270 Å². The maximum Gasteiger partial charge on any atom is 0.341 e. The second kappa shape index (κ2) is 15.6. The highest BCUT2D eigenvalue weighted by molar-refractivity contribution is 6.44. The summed E-state index contributed by atoms with van der Waals surface area (Å²) in [5, 5.41) is 9.45. The van der Waals surface area contributed by atoms with Crippen LogP contribution in [0.3, 0.4) is 0 Å². The molecule has 1 aliphatic rings. The van der Waals surface area contributed by atoms with E-state index in [4.69, 9.17) is 47.3 Å². The Kier molecular flexibility index (Phi) is 11.7.